The third-order valence-electron chi connectivity index (χ3n) is 5.70. The molecule has 0 atom stereocenters. The summed E-state index contributed by atoms with van der Waals surface area (Å²) in [5.41, 5.74) is 2.01. The van der Waals surface area contributed by atoms with Crippen LogP contribution in [0.2, 0.25) is 0 Å². The van der Waals surface area contributed by atoms with E-state index in [1.807, 2.05) is 24.3 Å². The van der Waals surface area contributed by atoms with Crippen molar-refractivity contribution in [3.8, 4) is 5.75 Å². The molecule has 0 amide bonds. The van der Waals surface area contributed by atoms with E-state index < -0.39 is 5.60 Å². The highest BCUT2D eigenvalue weighted by atomic mass is 16.5. The quantitative estimate of drug-likeness (QED) is 0.628. The maximum atomic E-state index is 10.9. The third kappa shape index (κ3) is 6.62. The Balaban J connectivity index is 1.28. The summed E-state index contributed by atoms with van der Waals surface area (Å²) >= 11 is 0. The molecule has 0 bridgehead atoms. The van der Waals surface area contributed by atoms with Crippen LogP contribution in [0.5, 0.6) is 5.75 Å². The van der Waals surface area contributed by atoms with Gasteiger partial charge in [0.25, 0.3) is 0 Å². The first-order valence-electron chi connectivity index (χ1n) is 10.4. The molecule has 28 heavy (non-hydrogen) atoms. The number of ether oxygens (including phenoxy) is 2. The average Bonchev–Trinajstić information content (AvgIpc) is 2.74. The highest BCUT2D eigenvalue weighted by molar-refractivity contribution is 5.26. The van der Waals surface area contributed by atoms with Gasteiger partial charge in [-0.25, -0.2) is 0 Å². The SMILES string of the molecule is COc1ccc(COCCCC2(O)CCN(CCc3ccccc3)CC2)cc1. The van der Waals surface area contributed by atoms with Crippen molar-refractivity contribution in [2.45, 2.75) is 44.3 Å². The zero-order valence-electron chi connectivity index (χ0n) is 17.0. The lowest BCUT2D eigenvalue weighted by molar-refractivity contribution is -0.0340. The van der Waals surface area contributed by atoms with Crippen LogP contribution in [0, 0.1) is 0 Å². The molecule has 152 valence electrons. The number of nitrogens with zero attached hydrogens (tertiary/aromatic N) is 1. The van der Waals surface area contributed by atoms with Gasteiger partial charge in [0.2, 0.25) is 0 Å². The Kier molecular flexibility index (Phi) is 7.90. The lowest BCUT2D eigenvalue weighted by atomic mass is 9.87. The molecule has 1 N–H and O–H groups in total. The monoisotopic (exact) mass is 383 g/mol. The highest BCUT2D eigenvalue weighted by Crippen LogP contribution is 2.27. The summed E-state index contributed by atoms with van der Waals surface area (Å²) in [5, 5.41) is 10.9. The van der Waals surface area contributed by atoms with E-state index >= 15 is 0 Å². The largest absolute Gasteiger partial charge is 0.497 e. The molecule has 3 rings (SSSR count). The Morgan fingerprint density at radius 2 is 1.68 bits per heavy atom. The van der Waals surface area contributed by atoms with E-state index in [-0.39, 0.29) is 0 Å². The summed E-state index contributed by atoms with van der Waals surface area (Å²) in [6, 6.07) is 18.6. The minimum Gasteiger partial charge on any atom is -0.497 e. The molecule has 4 heteroatoms. The predicted molar refractivity (Wildman–Crippen MR) is 113 cm³/mol. The van der Waals surface area contributed by atoms with E-state index in [9.17, 15) is 5.11 Å². The fourth-order valence-electron chi connectivity index (χ4n) is 3.79. The molecule has 0 spiro atoms. The number of hydrogen-bond acceptors (Lipinski definition) is 4. The summed E-state index contributed by atoms with van der Waals surface area (Å²) in [6.45, 7) is 4.33. The van der Waals surface area contributed by atoms with Crippen molar-refractivity contribution in [1.82, 2.24) is 4.90 Å². The van der Waals surface area contributed by atoms with Crippen LogP contribution < -0.4 is 4.74 Å². The number of hydrogen-bond donors (Lipinski definition) is 1. The van der Waals surface area contributed by atoms with Crippen LogP contribution in [0.1, 0.15) is 36.8 Å². The Labute approximate surface area is 169 Å². The zero-order valence-corrected chi connectivity index (χ0v) is 17.0. The van der Waals surface area contributed by atoms with Gasteiger partial charge in [-0.05, 0) is 55.4 Å². The van der Waals surface area contributed by atoms with Gasteiger partial charge in [0.1, 0.15) is 5.75 Å². The fourth-order valence-corrected chi connectivity index (χ4v) is 3.79. The summed E-state index contributed by atoms with van der Waals surface area (Å²) < 4.78 is 10.9. The second kappa shape index (κ2) is 10.6. The number of piperidine rings is 1. The molecule has 2 aromatic carbocycles. The number of likely N-dealkylation sites (tertiary alicyclic amines) is 1. The van der Waals surface area contributed by atoms with Crippen LogP contribution >= 0.6 is 0 Å². The van der Waals surface area contributed by atoms with Crippen molar-refractivity contribution in [3.05, 3.63) is 65.7 Å². The van der Waals surface area contributed by atoms with Gasteiger partial charge in [0, 0.05) is 26.2 Å². The number of benzene rings is 2. The molecule has 0 unspecified atom stereocenters. The lowest BCUT2D eigenvalue weighted by Gasteiger charge is -2.38. The topological polar surface area (TPSA) is 41.9 Å². The van der Waals surface area contributed by atoms with E-state index in [0.29, 0.717) is 13.2 Å². The molecule has 1 heterocycles. The molecule has 1 saturated heterocycles. The second-order valence-electron chi connectivity index (χ2n) is 7.81. The van der Waals surface area contributed by atoms with E-state index in [0.717, 1.165) is 63.1 Å². The minimum absolute atomic E-state index is 0.521. The van der Waals surface area contributed by atoms with Crippen LogP contribution in [0.15, 0.2) is 54.6 Å². The van der Waals surface area contributed by atoms with Crippen molar-refractivity contribution < 1.29 is 14.6 Å². The lowest BCUT2D eigenvalue weighted by Crippen LogP contribution is -2.45. The van der Waals surface area contributed by atoms with E-state index in [4.69, 9.17) is 9.47 Å². The maximum Gasteiger partial charge on any atom is 0.118 e. The Hall–Kier alpha value is -1.88. The fraction of sp³-hybridized carbons (Fsp3) is 0.500. The Morgan fingerprint density at radius 1 is 0.964 bits per heavy atom. The molecular weight excluding hydrogens is 350 g/mol. The summed E-state index contributed by atoms with van der Waals surface area (Å²) in [4.78, 5) is 2.47. The van der Waals surface area contributed by atoms with Gasteiger partial charge in [-0.1, -0.05) is 42.5 Å². The van der Waals surface area contributed by atoms with Gasteiger partial charge in [-0.2, -0.15) is 0 Å². The molecule has 1 aliphatic rings. The van der Waals surface area contributed by atoms with Crippen molar-refractivity contribution in [2.75, 3.05) is 33.4 Å². The highest BCUT2D eigenvalue weighted by Gasteiger charge is 2.31. The first kappa shape index (κ1) is 20.8. The summed E-state index contributed by atoms with van der Waals surface area (Å²) in [7, 11) is 1.67. The Morgan fingerprint density at radius 3 is 2.36 bits per heavy atom. The number of rotatable bonds is 10. The number of aliphatic hydroxyl groups is 1. The summed E-state index contributed by atoms with van der Waals surface area (Å²) in [6.07, 6.45) is 4.53. The van der Waals surface area contributed by atoms with E-state index in [1.54, 1.807) is 7.11 Å². The van der Waals surface area contributed by atoms with Crippen LogP contribution in [-0.4, -0.2) is 49.0 Å². The standard InChI is InChI=1S/C24H33NO3/c1-27-23-10-8-22(9-11-23)20-28-19-5-13-24(26)14-17-25(18-15-24)16-12-21-6-3-2-4-7-21/h2-4,6-11,26H,5,12-20H2,1H3. The molecule has 0 saturated carbocycles. The van der Waals surface area contributed by atoms with Crippen molar-refractivity contribution in [2.24, 2.45) is 0 Å². The van der Waals surface area contributed by atoms with Crippen LogP contribution in [0.4, 0.5) is 0 Å². The summed E-state index contributed by atoms with van der Waals surface area (Å²) in [5.74, 6) is 0.862. The molecule has 0 radical (unpaired) electrons. The second-order valence-corrected chi connectivity index (χ2v) is 7.81. The van der Waals surface area contributed by atoms with Crippen LogP contribution in [-0.2, 0) is 17.8 Å². The number of methoxy groups -OCH3 is 1. The van der Waals surface area contributed by atoms with E-state index in [2.05, 4.69) is 35.2 Å². The minimum atomic E-state index is -0.521. The molecule has 0 aliphatic carbocycles. The molecule has 2 aromatic rings. The van der Waals surface area contributed by atoms with Gasteiger partial charge < -0.3 is 19.5 Å². The van der Waals surface area contributed by atoms with E-state index in [1.165, 1.54) is 5.56 Å². The van der Waals surface area contributed by atoms with Gasteiger partial charge in [-0.3, -0.25) is 0 Å². The van der Waals surface area contributed by atoms with Crippen molar-refractivity contribution >= 4 is 0 Å². The molecular formula is C24H33NO3. The average molecular weight is 384 g/mol. The van der Waals surface area contributed by atoms with Gasteiger partial charge in [-0.15, -0.1) is 0 Å². The zero-order chi connectivity index (χ0) is 19.7. The Bertz CT molecular complexity index is 679. The van der Waals surface area contributed by atoms with Crippen molar-refractivity contribution in [1.29, 1.82) is 0 Å². The predicted octanol–water partition coefficient (Wildman–Crippen LogP) is 4.06. The van der Waals surface area contributed by atoms with Gasteiger partial charge in [0.15, 0.2) is 0 Å². The molecule has 1 aliphatic heterocycles. The normalized spacial score (nSPS) is 16.8. The van der Waals surface area contributed by atoms with Crippen LogP contribution in [0.3, 0.4) is 0 Å². The van der Waals surface area contributed by atoms with Crippen molar-refractivity contribution in [3.63, 3.8) is 0 Å². The maximum absolute atomic E-state index is 10.9. The first-order valence-corrected chi connectivity index (χ1v) is 10.4. The third-order valence-corrected chi connectivity index (χ3v) is 5.70. The van der Waals surface area contributed by atoms with Gasteiger partial charge in [0.05, 0.1) is 19.3 Å². The smallest absolute Gasteiger partial charge is 0.118 e. The van der Waals surface area contributed by atoms with Crippen LogP contribution in [0.25, 0.3) is 0 Å². The first-order chi connectivity index (χ1) is 13.7. The molecule has 4 nitrogen and oxygen atoms in total. The van der Waals surface area contributed by atoms with Gasteiger partial charge >= 0.3 is 0 Å². The molecule has 0 aromatic heterocycles. The molecule has 1 fully saturated rings.